The summed E-state index contributed by atoms with van der Waals surface area (Å²) in [5.41, 5.74) is 0.559. The molecule has 3 fully saturated rings. The molecule has 2 unspecified atom stereocenters. The highest BCUT2D eigenvalue weighted by Crippen LogP contribution is 2.60. The SMILES string of the molecule is CN=C(NCC1(C2CC2)CC1)N1CC(C)C(C(=O)OC)C1. The summed E-state index contributed by atoms with van der Waals surface area (Å²) < 4.78 is 4.90. The number of carbonyl (C=O) groups is 1. The molecular weight excluding hydrogens is 266 g/mol. The van der Waals surface area contributed by atoms with Gasteiger partial charge >= 0.3 is 5.97 Å². The number of nitrogens with zero attached hydrogens (tertiary/aromatic N) is 2. The summed E-state index contributed by atoms with van der Waals surface area (Å²) in [5, 5.41) is 3.56. The largest absolute Gasteiger partial charge is 0.469 e. The maximum atomic E-state index is 11.8. The van der Waals surface area contributed by atoms with Gasteiger partial charge in [-0.05, 0) is 42.9 Å². The van der Waals surface area contributed by atoms with Gasteiger partial charge in [-0.15, -0.1) is 0 Å². The number of hydrogen-bond acceptors (Lipinski definition) is 3. The number of aliphatic imine (C=N–C) groups is 1. The van der Waals surface area contributed by atoms with E-state index in [-0.39, 0.29) is 11.9 Å². The van der Waals surface area contributed by atoms with Gasteiger partial charge in [0.05, 0.1) is 13.0 Å². The molecule has 1 heterocycles. The maximum absolute atomic E-state index is 11.8. The first-order chi connectivity index (χ1) is 10.1. The van der Waals surface area contributed by atoms with Gasteiger partial charge in [-0.1, -0.05) is 6.92 Å². The molecule has 0 spiro atoms. The molecule has 3 rings (SSSR count). The second-order valence-corrected chi connectivity index (χ2v) is 7.05. The Bertz CT molecular complexity index is 441. The van der Waals surface area contributed by atoms with Crippen molar-refractivity contribution in [1.82, 2.24) is 10.2 Å². The molecule has 2 aliphatic carbocycles. The van der Waals surface area contributed by atoms with Crippen LogP contribution >= 0.6 is 0 Å². The summed E-state index contributed by atoms with van der Waals surface area (Å²) in [6, 6.07) is 0. The van der Waals surface area contributed by atoms with Crippen LogP contribution in [-0.2, 0) is 9.53 Å². The van der Waals surface area contributed by atoms with E-state index in [1.165, 1.54) is 32.8 Å². The van der Waals surface area contributed by atoms with Crippen molar-refractivity contribution in [2.24, 2.45) is 28.2 Å². The minimum Gasteiger partial charge on any atom is -0.469 e. The summed E-state index contributed by atoms with van der Waals surface area (Å²) in [7, 11) is 3.30. The van der Waals surface area contributed by atoms with E-state index in [4.69, 9.17) is 4.74 Å². The molecule has 0 aromatic carbocycles. The lowest BCUT2D eigenvalue weighted by molar-refractivity contribution is -0.145. The minimum atomic E-state index is -0.0999. The van der Waals surface area contributed by atoms with Crippen LogP contribution in [0.15, 0.2) is 4.99 Å². The lowest BCUT2D eigenvalue weighted by Gasteiger charge is -2.24. The van der Waals surface area contributed by atoms with E-state index in [2.05, 4.69) is 22.1 Å². The zero-order chi connectivity index (χ0) is 15.0. The van der Waals surface area contributed by atoms with Crippen molar-refractivity contribution in [1.29, 1.82) is 0 Å². The summed E-state index contributed by atoms with van der Waals surface area (Å²) in [5.74, 6) is 2.07. The molecule has 0 amide bonds. The van der Waals surface area contributed by atoms with Gasteiger partial charge in [0.2, 0.25) is 0 Å². The number of ether oxygens (including phenoxy) is 1. The molecule has 3 aliphatic rings. The average Bonchev–Trinajstić information content (AvgIpc) is 3.37. The highest BCUT2D eigenvalue weighted by molar-refractivity contribution is 5.82. The maximum Gasteiger partial charge on any atom is 0.310 e. The van der Waals surface area contributed by atoms with Gasteiger partial charge in [0.15, 0.2) is 5.96 Å². The number of hydrogen-bond donors (Lipinski definition) is 1. The molecule has 0 aromatic heterocycles. The molecule has 2 saturated carbocycles. The molecule has 0 radical (unpaired) electrons. The minimum absolute atomic E-state index is 0.0353. The standard InChI is InChI=1S/C16H27N3O2/c1-11-8-19(9-13(11)14(20)21-3)15(17-2)18-10-16(6-7-16)12-4-5-12/h11-13H,4-10H2,1-3H3,(H,17,18). The van der Waals surface area contributed by atoms with E-state index in [1.54, 1.807) is 0 Å². The van der Waals surface area contributed by atoms with E-state index in [0.29, 0.717) is 17.9 Å². The Labute approximate surface area is 127 Å². The number of methoxy groups -OCH3 is 1. The van der Waals surface area contributed by atoms with Crippen LogP contribution in [0.2, 0.25) is 0 Å². The van der Waals surface area contributed by atoms with Crippen molar-refractivity contribution in [2.45, 2.75) is 32.6 Å². The van der Waals surface area contributed by atoms with Crippen molar-refractivity contribution < 1.29 is 9.53 Å². The van der Waals surface area contributed by atoms with Gasteiger partial charge in [-0.3, -0.25) is 9.79 Å². The molecule has 0 aromatic rings. The molecule has 0 bridgehead atoms. The Morgan fingerprint density at radius 3 is 2.62 bits per heavy atom. The third-order valence-corrected chi connectivity index (χ3v) is 5.56. The molecule has 1 saturated heterocycles. The Morgan fingerprint density at radius 1 is 1.38 bits per heavy atom. The molecule has 5 heteroatoms. The second kappa shape index (κ2) is 5.50. The fraction of sp³-hybridized carbons (Fsp3) is 0.875. The number of carbonyl (C=O) groups excluding carboxylic acids is 1. The van der Waals surface area contributed by atoms with Crippen molar-refractivity contribution >= 4 is 11.9 Å². The van der Waals surface area contributed by atoms with Gasteiger partial charge in [0.25, 0.3) is 0 Å². The zero-order valence-electron chi connectivity index (χ0n) is 13.4. The van der Waals surface area contributed by atoms with E-state index in [1.807, 2.05) is 7.05 Å². The first kappa shape index (κ1) is 14.7. The highest BCUT2D eigenvalue weighted by Gasteiger charge is 2.53. The fourth-order valence-corrected chi connectivity index (χ4v) is 3.77. The predicted molar refractivity (Wildman–Crippen MR) is 82.0 cm³/mol. The Hall–Kier alpha value is -1.26. The van der Waals surface area contributed by atoms with Gasteiger partial charge in [-0.2, -0.15) is 0 Å². The molecule has 2 atom stereocenters. The smallest absolute Gasteiger partial charge is 0.310 e. The quantitative estimate of drug-likeness (QED) is 0.485. The Balaban J connectivity index is 1.56. The fourth-order valence-electron chi connectivity index (χ4n) is 3.77. The summed E-state index contributed by atoms with van der Waals surface area (Å²) in [4.78, 5) is 18.4. The van der Waals surface area contributed by atoms with Gasteiger partial charge in [0.1, 0.15) is 0 Å². The van der Waals surface area contributed by atoms with Crippen molar-refractivity contribution in [2.75, 3.05) is 33.8 Å². The van der Waals surface area contributed by atoms with E-state index in [0.717, 1.165) is 25.0 Å². The molecule has 21 heavy (non-hydrogen) atoms. The third kappa shape index (κ3) is 2.87. The number of esters is 1. The average molecular weight is 293 g/mol. The van der Waals surface area contributed by atoms with Gasteiger partial charge in [0, 0.05) is 26.7 Å². The Kier molecular flexibility index (Phi) is 3.84. The van der Waals surface area contributed by atoms with Gasteiger partial charge in [-0.25, -0.2) is 0 Å². The second-order valence-electron chi connectivity index (χ2n) is 7.05. The van der Waals surface area contributed by atoms with Crippen LogP contribution in [0.4, 0.5) is 0 Å². The van der Waals surface area contributed by atoms with Crippen molar-refractivity contribution in [3.05, 3.63) is 0 Å². The number of likely N-dealkylation sites (tertiary alicyclic amines) is 1. The Morgan fingerprint density at radius 2 is 2.10 bits per heavy atom. The molecular formula is C16H27N3O2. The van der Waals surface area contributed by atoms with E-state index >= 15 is 0 Å². The number of rotatable bonds is 4. The molecule has 1 N–H and O–H groups in total. The van der Waals surface area contributed by atoms with Crippen LogP contribution in [-0.4, -0.2) is 50.6 Å². The highest BCUT2D eigenvalue weighted by atomic mass is 16.5. The normalized spacial score (nSPS) is 31.2. The summed E-state index contributed by atoms with van der Waals surface area (Å²) in [6.45, 7) is 4.74. The van der Waals surface area contributed by atoms with Crippen LogP contribution in [0.5, 0.6) is 0 Å². The van der Waals surface area contributed by atoms with Crippen LogP contribution < -0.4 is 5.32 Å². The summed E-state index contributed by atoms with van der Waals surface area (Å²) >= 11 is 0. The predicted octanol–water partition coefficient (Wildman–Crippen LogP) is 1.49. The van der Waals surface area contributed by atoms with Crippen molar-refractivity contribution in [3.63, 3.8) is 0 Å². The van der Waals surface area contributed by atoms with Crippen LogP contribution in [0.25, 0.3) is 0 Å². The number of nitrogens with one attached hydrogen (secondary N) is 1. The molecule has 5 nitrogen and oxygen atoms in total. The lowest BCUT2D eigenvalue weighted by atomic mass is 9.99. The van der Waals surface area contributed by atoms with Crippen LogP contribution in [0, 0.1) is 23.2 Å². The lowest BCUT2D eigenvalue weighted by Crippen LogP contribution is -2.43. The summed E-state index contributed by atoms with van der Waals surface area (Å²) in [6.07, 6.45) is 5.54. The molecule has 1 aliphatic heterocycles. The molecule has 118 valence electrons. The van der Waals surface area contributed by atoms with Gasteiger partial charge < -0.3 is 15.0 Å². The van der Waals surface area contributed by atoms with Crippen molar-refractivity contribution in [3.8, 4) is 0 Å². The number of guanidine groups is 1. The van der Waals surface area contributed by atoms with Crippen LogP contribution in [0.1, 0.15) is 32.6 Å². The third-order valence-electron chi connectivity index (χ3n) is 5.56. The zero-order valence-corrected chi connectivity index (χ0v) is 13.4. The first-order valence-electron chi connectivity index (χ1n) is 8.13. The topological polar surface area (TPSA) is 53.9 Å². The van der Waals surface area contributed by atoms with Crippen LogP contribution in [0.3, 0.4) is 0 Å². The van der Waals surface area contributed by atoms with E-state index < -0.39 is 0 Å². The van der Waals surface area contributed by atoms with E-state index in [9.17, 15) is 4.79 Å². The monoisotopic (exact) mass is 293 g/mol. The first-order valence-corrected chi connectivity index (χ1v) is 8.13.